The van der Waals surface area contributed by atoms with Gasteiger partial charge in [0, 0.05) is 0 Å². The summed E-state index contributed by atoms with van der Waals surface area (Å²) >= 11 is 0. The fourth-order valence-electron chi connectivity index (χ4n) is 0. The molecule has 0 spiro atoms. The molecule has 0 bridgehead atoms. The molecule has 0 amide bonds. The number of hydrogen-bond acceptors (Lipinski definition) is 2. The van der Waals surface area contributed by atoms with E-state index in [4.69, 9.17) is 10.5 Å². The summed E-state index contributed by atoms with van der Waals surface area (Å²) in [6, 6.07) is 0. The van der Waals surface area contributed by atoms with E-state index in [9.17, 15) is 0 Å². The summed E-state index contributed by atoms with van der Waals surface area (Å²) in [5, 5.41) is 12.0. The van der Waals surface area contributed by atoms with Gasteiger partial charge in [-0.15, -0.1) is 0 Å². The zero-order chi connectivity index (χ0) is 2.00. The first-order chi connectivity index (χ1) is 1.00. The summed E-state index contributed by atoms with van der Waals surface area (Å²) in [4.78, 5) is 0. The second-order valence-corrected chi connectivity index (χ2v) is 0. The van der Waals surface area contributed by atoms with Gasteiger partial charge in [-0.05, 0) is 0 Å². The summed E-state index contributed by atoms with van der Waals surface area (Å²) < 4.78 is 0. The predicted molar refractivity (Wildman–Crippen MR) is 19.6 cm³/mol. The van der Waals surface area contributed by atoms with Crippen molar-refractivity contribution in [3.05, 3.63) is 0 Å². The van der Waals surface area contributed by atoms with Crippen molar-refractivity contribution in [1.29, 1.82) is 0 Å². The van der Waals surface area contributed by atoms with Crippen LogP contribution in [0.2, 0.25) is 0 Å². The zero-order valence-electron chi connectivity index (χ0n) is 0.894. The van der Waals surface area contributed by atoms with Crippen molar-refractivity contribution in [3.63, 3.8) is 0 Å². The summed E-state index contributed by atoms with van der Waals surface area (Å²) in [6.07, 6.45) is 0. The van der Waals surface area contributed by atoms with Crippen LogP contribution in [0.4, 0.5) is 0 Å². The third kappa shape index (κ3) is 8.91. The number of rotatable bonds is 0. The Balaban J connectivity index is -0.00000000500. The van der Waals surface area contributed by atoms with Gasteiger partial charge in [0.1, 0.15) is 0 Å². The van der Waals surface area contributed by atoms with E-state index in [-0.39, 0.29) is 70.2 Å². The summed E-state index contributed by atoms with van der Waals surface area (Å²) in [6.45, 7) is 0. The third-order valence-corrected chi connectivity index (χ3v) is 0. The van der Waals surface area contributed by atoms with E-state index in [2.05, 4.69) is 0 Å². The molecule has 0 heterocycles. The van der Waals surface area contributed by atoms with E-state index >= 15 is 0 Å². The minimum atomic E-state index is 0. The van der Waals surface area contributed by atoms with Gasteiger partial charge in [-0.2, -0.15) is 0 Å². The minimum absolute atomic E-state index is 0. The third-order valence-electron chi connectivity index (χ3n) is 0. The SMILES string of the molecule is OO.[KH].[LiH]. The van der Waals surface area contributed by atoms with Crippen LogP contribution in [0.3, 0.4) is 0 Å². The van der Waals surface area contributed by atoms with E-state index < -0.39 is 0 Å². The topological polar surface area (TPSA) is 40.5 Å². The van der Waals surface area contributed by atoms with Crippen molar-refractivity contribution < 1.29 is 10.5 Å². The average Bonchev–Trinajstić information content (AvgIpc) is 1.00. The molecule has 0 atom stereocenters. The van der Waals surface area contributed by atoms with Crippen LogP contribution in [-0.2, 0) is 0 Å². The normalized spacial score (nSPS) is 1.50. The second-order valence-electron chi connectivity index (χ2n) is 0. The van der Waals surface area contributed by atoms with Crippen LogP contribution in [-0.4, -0.2) is 80.8 Å². The van der Waals surface area contributed by atoms with E-state index in [0.717, 1.165) is 0 Å². The van der Waals surface area contributed by atoms with Crippen molar-refractivity contribution >= 4 is 70.2 Å². The first-order valence-corrected chi connectivity index (χ1v) is 0.200. The fraction of sp³-hybridized carbons (Fsp3) is 0. The molecule has 0 saturated heterocycles. The average molecular weight is 82.1 g/mol. The molecule has 0 rings (SSSR count). The van der Waals surface area contributed by atoms with Crippen molar-refractivity contribution in [1.82, 2.24) is 0 Å². The molecule has 4 heavy (non-hydrogen) atoms. The van der Waals surface area contributed by atoms with Crippen LogP contribution in [0, 0.1) is 0 Å². The predicted octanol–water partition coefficient (Wildman–Crippen LogP) is -1.28. The standard InChI is InChI=1S/K.Li.H2O2.2H/c;;1-2;;/h;;1-2H;;. The Hall–Kier alpha value is 2.15. The van der Waals surface area contributed by atoms with E-state index in [1.54, 1.807) is 0 Å². The van der Waals surface area contributed by atoms with Gasteiger partial charge in [0.2, 0.25) is 0 Å². The first-order valence-electron chi connectivity index (χ1n) is 0.200. The fourth-order valence-corrected chi connectivity index (χ4v) is 0. The molecule has 0 unspecified atom stereocenters. The van der Waals surface area contributed by atoms with Crippen molar-refractivity contribution in [2.24, 2.45) is 0 Å². The quantitative estimate of drug-likeness (QED) is 0.217. The molecule has 0 radical (unpaired) electrons. The molecule has 18 valence electrons. The molecule has 4 heteroatoms. The van der Waals surface area contributed by atoms with Gasteiger partial charge in [0.05, 0.1) is 0 Å². The van der Waals surface area contributed by atoms with Crippen LogP contribution in [0.5, 0.6) is 0 Å². The number of hydrogen-bond donors (Lipinski definition) is 2. The van der Waals surface area contributed by atoms with Gasteiger partial charge in [-0.1, -0.05) is 0 Å². The molecule has 0 aliphatic rings. The van der Waals surface area contributed by atoms with Crippen molar-refractivity contribution in [2.45, 2.75) is 0 Å². The molecule has 2 N–H and O–H groups in total. The summed E-state index contributed by atoms with van der Waals surface area (Å²) in [7, 11) is 0. The molecule has 2 nitrogen and oxygen atoms in total. The maximum absolute atomic E-state index is 6.00. The van der Waals surface area contributed by atoms with Gasteiger partial charge < -0.3 is 0 Å². The summed E-state index contributed by atoms with van der Waals surface area (Å²) in [5.41, 5.74) is 0. The zero-order valence-corrected chi connectivity index (χ0v) is 0.894. The molecular weight excluding hydrogens is 78.0 g/mol. The molecular formula is H4KLiO2. The van der Waals surface area contributed by atoms with Gasteiger partial charge in [0.25, 0.3) is 0 Å². The van der Waals surface area contributed by atoms with Crippen molar-refractivity contribution in [3.8, 4) is 0 Å². The van der Waals surface area contributed by atoms with Crippen LogP contribution in [0.15, 0.2) is 0 Å². The van der Waals surface area contributed by atoms with E-state index in [0.29, 0.717) is 0 Å². The Labute approximate surface area is 79.1 Å². The van der Waals surface area contributed by atoms with Crippen molar-refractivity contribution in [2.75, 3.05) is 0 Å². The van der Waals surface area contributed by atoms with Gasteiger partial charge >= 0.3 is 70.2 Å². The van der Waals surface area contributed by atoms with E-state index in [1.807, 2.05) is 0 Å². The monoisotopic (exact) mass is 82.0 g/mol. The van der Waals surface area contributed by atoms with E-state index in [1.165, 1.54) is 0 Å². The Morgan fingerprint density at radius 3 is 1.00 bits per heavy atom. The molecule has 0 aliphatic heterocycles. The molecule has 0 aromatic rings. The molecule has 0 aliphatic carbocycles. The van der Waals surface area contributed by atoms with Crippen LogP contribution >= 0.6 is 0 Å². The van der Waals surface area contributed by atoms with Gasteiger partial charge in [-0.25, -0.2) is 0 Å². The second kappa shape index (κ2) is 19.2. The molecule has 0 aromatic carbocycles. The summed E-state index contributed by atoms with van der Waals surface area (Å²) in [5.74, 6) is 0. The first kappa shape index (κ1) is 16.4. The van der Waals surface area contributed by atoms with Gasteiger partial charge in [0.15, 0.2) is 0 Å². The Morgan fingerprint density at radius 1 is 1.00 bits per heavy atom. The molecule has 0 fully saturated rings. The molecule has 0 saturated carbocycles. The van der Waals surface area contributed by atoms with Crippen LogP contribution in [0.25, 0.3) is 0 Å². The maximum atomic E-state index is 6.00. The Kier molecular flexibility index (Phi) is 78.8. The van der Waals surface area contributed by atoms with Gasteiger partial charge in [-0.3, -0.25) is 10.5 Å². The van der Waals surface area contributed by atoms with Crippen LogP contribution < -0.4 is 0 Å². The van der Waals surface area contributed by atoms with Crippen LogP contribution in [0.1, 0.15) is 0 Å². The molecule has 0 aromatic heterocycles. The Bertz CT molecular complexity index is 6.00. The Morgan fingerprint density at radius 2 is 1.00 bits per heavy atom.